The highest BCUT2D eigenvalue weighted by Crippen LogP contribution is 2.26. The van der Waals surface area contributed by atoms with Crippen LogP contribution >= 0.6 is 11.6 Å². The Balaban J connectivity index is 2.84. The first-order valence-electron chi connectivity index (χ1n) is 4.55. The van der Waals surface area contributed by atoms with Crippen LogP contribution in [0.4, 0.5) is 4.39 Å². The van der Waals surface area contributed by atoms with Gasteiger partial charge in [-0.2, -0.15) is 0 Å². The summed E-state index contributed by atoms with van der Waals surface area (Å²) in [6, 6.07) is 5.06. The summed E-state index contributed by atoms with van der Waals surface area (Å²) in [7, 11) is 0. The van der Waals surface area contributed by atoms with Crippen LogP contribution < -0.4 is 0 Å². The summed E-state index contributed by atoms with van der Waals surface area (Å²) in [6.07, 6.45) is 1.98. The maximum Gasteiger partial charge on any atom is 0.126 e. The Morgan fingerprint density at radius 1 is 1.46 bits per heavy atom. The van der Waals surface area contributed by atoms with Gasteiger partial charge in [0.05, 0.1) is 5.38 Å². The summed E-state index contributed by atoms with van der Waals surface area (Å²) in [5.41, 5.74) is 1.68. The largest absolute Gasteiger partial charge is 0.207 e. The van der Waals surface area contributed by atoms with Crippen molar-refractivity contribution in [3.63, 3.8) is 0 Å². The van der Waals surface area contributed by atoms with Gasteiger partial charge < -0.3 is 0 Å². The second-order valence-corrected chi connectivity index (χ2v) is 3.79. The number of rotatable bonds is 3. The van der Waals surface area contributed by atoms with Crippen molar-refractivity contribution in [3.05, 3.63) is 35.1 Å². The van der Waals surface area contributed by atoms with Gasteiger partial charge >= 0.3 is 0 Å². The Labute approximate surface area is 83.7 Å². The van der Waals surface area contributed by atoms with Crippen molar-refractivity contribution in [2.24, 2.45) is 0 Å². The lowest BCUT2D eigenvalue weighted by molar-refractivity contribution is 0.616. The van der Waals surface area contributed by atoms with E-state index in [-0.39, 0.29) is 11.2 Å². The summed E-state index contributed by atoms with van der Waals surface area (Å²) in [4.78, 5) is 0. The van der Waals surface area contributed by atoms with Gasteiger partial charge in [-0.3, -0.25) is 0 Å². The van der Waals surface area contributed by atoms with Gasteiger partial charge in [0, 0.05) is 0 Å². The Hall–Kier alpha value is -0.560. The van der Waals surface area contributed by atoms with Crippen molar-refractivity contribution in [1.82, 2.24) is 0 Å². The first-order valence-corrected chi connectivity index (χ1v) is 4.99. The molecule has 1 aromatic carbocycles. The third-order valence-electron chi connectivity index (χ3n) is 2.09. The minimum atomic E-state index is -0.163. The average molecular weight is 201 g/mol. The maximum atomic E-state index is 12.9. The second-order valence-electron chi connectivity index (χ2n) is 3.26. The molecule has 13 heavy (non-hydrogen) atoms. The number of hydrogen-bond donors (Lipinski definition) is 0. The van der Waals surface area contributed by atoms with Crippen molar-refractivity contribution < 1.29 is 4.39 Å². The van der Waals surface area contributed by atoms with Crippen molar-refractivity contribution in [2.75, 3.05) is 0 Å². The third-order valence-corrected chi connectivity index (χ3v) is 2.56. The van der Waals surface area contributed by atoms with Gasteiger partial charge in [-0.25, -0.2) is 4.39 Å². The monoisotopic (exact) mass is 200 g/mol. The summed E-state index contributed by atoms with van der Waals surface area (Å²) in [5.74, 6) is -0.163. The molecule has 1 rings (SSSR count). The maximum absolute atomic E-state index is 12.9. The van der Waals surface area contributed by atoms with E-state index >= 15 is 0 Å². The van der Waals surface area contributed by atoms with E-state index < -0.39 is 0 Å². The highest BCUT2D eigenvalue weighted by Gasteiger charge is 2.07. The van der Waals surface area contributed by atoms with Crippen LogP contribution in [0.3, 0.4) is 0 Å². The van der Waals surface area contributed by atoms with E-state index in [0.717, 1.165) is 18.4 Å². The van der Waals surface area contributed by atoms with Crippen LogP contribution in [-0.4, -0.2) is 0 Å². The summed E-state index contributed by atoms with van der Waals surface area (Å²) >= 11 is 6.11. The molecule has 0 radical (unpaired) electrons. The van der Waals surface area contributed by atoms with E-state index in [2.05, 4.69) is 6.92 Å². The van der Waals surface area contributed by atoms with Gasteiger partial charge in [0.2, 0.25) is 0 Å². The zero-order chi connectivity index (χ0) is 9.84. The van der Waals surface area contributed by atoms with Crippen LogP contribution in [0.25, 0.3) is 0 Å². The summed E-state index contributed by atoms with van der Waals surface area (Å²) in [6.45, 7) is 3.85. The fourth-order valence-electron chi connectivity index (χ4n) is 1.28. The van der Waals surface area contributed by atoms with Gasteiger partial charge in [0.25, 0.3) is 0 Å². The van der Waals surface area contributed by atoms with Crippen LogP contribution in [0.2, 0.25) is 0 Å². The van der Waals surface area contributed by atoms with Gasteiger partial charge in [-0.1, -0.05) is 25.5 Å². The average Bonchev–Trinajstić information content (AvgIpc) is 2.10. The lowest BCUT2D eigenvalue weighted by Gasteiger charge is -2.09. The molecule has 1 aromatic rings. The highest BCUT2D eigenvalue weighted by atomic mass is 35.5. The number of aryl methyl sites for hydroxylation is 1. The van der Waals surface area contributed by atoms with Crippen molar-refractivity contribution in [3.8, 4) is 0 Å². The topological polar surface area (TPSA) is 0 Å². The van der Waals surface area contributed by atoms with Crippen molar-refractivity contribution in [1.29, 1.82) is 0 Å². The molecule has 1 atom stereocenters. The SMILES string of the molecule is CCCC(Cl)c1ccc(F)c(C)c1. The molecular weight excluding hydrogens is 187 g/mol. The molecule has 0 aliphatic rings. The Morgan fingerprint density at radius 3 is 2.69 bits per heavy atom. The molecular formula is C11H14ClF. The summed E-state index contributed by atoms with van der Waals surface area (Å²) in [5, 5.41) is 0.0179. The van der Waals surface area contributed by atoms with E-state index in [0.29, 0.717) is 5.56 Å². The smallest absolute Gasteiger partial charge is 0.126 e. The number of halogens is 2. The quantitative estimate of drug-likeness (QED) is 0.641. The van der Waals surface area contributed by atoms with E-state index in [9.17, 15) is 4.39 Å². The molecule has 1 unspecified atom stereocenters. The normalized spacial score (nSPS) is 12.9. The highest BCUT2D eigenvalue weighted by molar-refractivity contribution is 6.20. The number of hydrogen-bond acceptors (Lipinski definition) is 0. The molecule has 0 fully saturated rings. The molecule has 0 nitrogen and oxygen atoms in total. The summed E-state index contributed by atoms with van der Waals surface area (Å²) < 4.78 is 12.9. The van der Waals surface area contributed by atoms with Crippen LogP contribution in [0.5, 0.6) is 0 Å². The zero-order valence-electron chi connectivity index (χ0n) is 7.98. The van der Waals surface area contributed by atoms with Gasteiger partial charge in [0.1, 0.15) is 5.82 Å². The van der Waals surface area contributed by atoms with Gasteiger partial charge in [0.15, 0.2) is 0 Å². The van der Waals surface area contributed by atoms with Crippen molar-refractivity contribution >= 4 is 11.6 Å². The van der Waals surface area contributed by atoms with E-state index in [1.54, 1.807) is 13.0 Å². The molecule has 0 amide bonds. The van der Waals surface area contributed by atoms with E-state index in [1.807, 2.05) is 6.07 Å². The number of benzene rings is 1. The Bertz CT molecular complexity index is 283. The molecule has 0 aliphatic heterocycles. The number of alkyl halides is 1. The molecule has 72 valence electrons. The minimum absolute atomic E-state index is 0.0179. The minimum Gasteiger partial charge on any atom is -0.207 e. The first-order chi connectivity index (χ1) is 6.15. The van der Waals surface area contributed by atoms with Crippen molar-refractivity contribution in [2.45, 2.75) is 32.1 Å². The molecule has 0 aromatic heterocycles. The lowest BCUT2D eigenvalue weighted by atomic mass is 10.1. The van der Waals surface area contributed by atoms with Crippen LogP contribution in [0, 0.1) is 12.7 Å². The molecule has 0 aliphatic carbocycles. The molecule has 0 heterocycles. The van der Waals surface area contributed by atoms with Crippen LogP contribution in [0.1, 0.15) is 36.3 Å². The fraction of sp³-hybridized carbons (Fsp3) is 0.455. The Kier molecular flexibility index (Phi) is 3.73. The lowest BCUT2D eigenvalue weighted by Crippen LogP contribution is -1.92. The third kappa shape index (κ3) is 2.70. The predicted molar refractivity (Wildman–Crippen MR) is 54.6 cm³/mol. The van der Waals surface area contributed by atoms with E-state index in [1.165, 1.54) is 6.07 Å². The molecule has 0 spiro atoms. The van der Waals surface area contributed by atoms with Crippen LogP contribution in [0.15, 0.2) is 18.2 Å². The molecule has 0 bridgehead atoms. The fourth-order valence-corrected chi connectivity index (χ4v) is 1.64. The molecule has 0 saturated heterocycles. The van der Waals surface area contributed by atoms with Gasteiger partial charge in [-0.05, 0) is 30.5 Å². The van der Waals surface area contributed by atoms with Gasteiger partial charge in [-0.15, -0.1) is 11.6 Å². The standard InChI is InChI=1S/C11H14ClF/c1-3-4-10(12)9-5-6-11(13)8(2)7-9/h5-7,10H,3-4H2,1-2H3. The van der Waals surface area contributed by atoms with Crippen LogP contribution in [-0.2, 0) is 0 Å². The predicted octanol–water partition coefficient (Wildman–Crippen LogP) is 4.21. The van der Waals surface area contributed by atoms with E-state index in [4.69, 9.17) is 11.6 Å². The molecule has 0 N–H and O–H groups in total. The zero-order valence-corrected chi connectivity index (χ0v) is 8.74. The second kappa shape index (κ2) is 4.61. The molecule has 0 saturated carbocycles. The first kappa shape index (κ1) is 10.5. The Morgan fingerprint density at radius 2 is 2.15 bits per heavy atom. The molecule has 2 heteroatoms.